The van der Waals surface area contributed by atoms with Crippen molar-refractivity contribution in [3.05, 3.63) is 38.8 Å². The summed E-state index contributed by atoms with van der Waals surface area (Å²) in [5.74, 6) is 0.268. The van der Waals surface area contributed by atoms with Crippen LogP contribution in [0, 0.1) is 0 Å². The van der Waals surface area contributed by atoms with Gasteiger partial charge in [0, 0.05) is 16.9 Å². The highest BCUT2D eigenvalue weighted by molar-refractivity contribution is 7.14. The number of hydrogen-bond donors (Lipinski definition) is 2. The molecule has 1 aliphatic carbocycles. The highest BCUT2D eigenvalue weighted by Crippen LogP contribution is 2.41. The molecule has 0 saturated heterocycles. The Morgan fingerprint density at radius 2 is 2.15 bits per heavy atom. The van der Waals surface area contributed by atoms with Crippen molar-refractivity contribution in [2.75, 3.05) is 11.1 Å². The summed E-state index contributed by atoms with van der Waals surface area (Å²) in [6, 6.07) is 2.99. The molecule has 1 saturated carbocycles. The van der Waals surface area contributed by atoms with Crippen LogP contribution in [0.4, 0.5) is 10.8 Å². The molecule has 0 aliphatic heterocycles. The predicted molar refractivity (Wildman–Crippen MR) is 82.9 cm³/mol. The van der Waals surface area contributed by atoms with Gasteiger partial charge in [-0.25, -0.2) is 4.98 Å². The minimum Gasteiger partial charge on any atom is -0.397 e. The first-order valence-corrected chi connectivity index (χ1v) is 7.69. The van der Waals surface area contributed by atoms with Crippen LogP contribution in [0.2, 0.25) is 10.0 Å². The maximum atomic E-state index is 12.1. The van der Waals surface area contributed by atoms with Crippen LogP contribution in [0.15, 0.2) is 17.5 Å². The smallest absolute Gasteiger partial charge is 0.257 e. The molecule has 1 aromatic heterocycles. The number of benzene rings is 1. The van der Waals surface area contributed by atoms with Crippen molar-refractivity contribution < 1.29 is 4.79 Å². The van der Waals surface area contributed by atoms with E-state index in [2.05, 4.69) is 10.3 Å². The molecular weight excluding hydrogens is 317 g/mol. The fourth-order valence-corrected chi connectivity index (χ4v) is 2.94. The fourth-order valence-electron chi connectivity index (χ4n) is 1.82. The first kappa shape index (κ1) is 13.7. The summed E-state index contributed by atoms with van der Waals surface area (Å²) < 4.78 is 0. The van der Waals surface area contributed by atoms with Crippen LogP contribution < -0.4 is 11.1 Å². The number of nitrogens with zero attached hydrogens (tertiary/aromatic N) is 1. The Balaban J connectivity index is 1.78. The van der Waals surface area contributed by atoms with Crippen molar-refractivity contribution in [1.29, 1.82) is 0 Å². The Morgan fingerprint density at radius 1 is 1.40 bits per heavy atom. The van der Waals surface area contributed by atoms with E-state index >= 15 is 0 Å². The lowest BCUT2D eigenvalue weighted by molar-refractivity contribution is 0.102. The van der Waals surface area contributed by atoms with E-state index in [9.17, 15) is 4.79 Å². The zero-order chi connectivity index (χ0) is 14.3. The Bertz CT molecular complexity index is 659. The van der Waals surface area contributed by atoms with Crippen LogP contribution in [0.1, 0.15) is 34.8 Å². The Morgan fingerprint density at radius 3 is 2.80 bits per heavy atom. The van der Waals surface area contributed by atoms with Gasteiger partial charge in [-0.3, -0.25) is 10.1 Å². The number of carbonyl (C=O) groups is 1. The molecule has 3 N–H and O–H groups in total. The third-order valence-corrected chi connectivity index (χ3v) is 4.65. The summed E-state index contributed by atoms with van der Waals surface area (Å²) in [6.45, 7) is 0. The summed E-state index contributed by atoms with van der Waals surface area (Å²) in [5.41, 5.74) is 7.39. The molecular formula is C13H11Cl2N3OS. The molecule has 20 heavy (non-hydrogen) atoms. The number of nitrogens with one attached hydrogen (secondary N) is 1. The Labute approximate surface area is 129 Å². The van der Waals surface area contributed by atoms with Gasteiger partial charge < -0.3 is 5.73 Å². The molecule has 1 aromatic carbocycles. The standard InChI is InChI=1S/C13H11Cl2N3OS/c14-8-3-7(4-9(16)11(8)15)12(19)18-13-17-10(5-20-13)6-1-2-6/h3-6H,1-2,16H2,(H,17,18,19). The van der Waals surface area contributed by atoms with Gasteiger partial charge in [-0.05, 0) is 25.0 Å². The molecule has 1 heterocycles. The summed E-state index contributed by atoms with van der Waals surface area (Å²) in [4.78, 5) is 16.5. The van der Waals surface area contributed by atoms with Crippen LogP contribution in [0.5, 0.6) is 0 Å². The summed E-state index contributed by atoms with van der Waals surface area (Å²) in [6.07, 6.45) is 2.36. The third kappa shape index (κ3) is 2.75. The van der Waals surface area contributed by atoms with E-state index < -0.39 is 0 Å². The molecule has 0 radical (unpaired) electrons. The van der Waals surface area contributed by atoms with E-state index in [4.69, 9.17) is 28.9 Å². The van der Waals surface area contributed by atoms with Gasteiger partial charge in [0.05, 0.1) is 21.4 Å². The van der Waals surface area contributed by atoms with E-state index in [1.807, 2.05) is 5.38 Å². The molecule has 7 heteroatoms. The van der Waals surface area contributed by atoms with Crippen LogP contribution in [-0.2, 0) is 0 Å². The largest absolute Gasteiger partial charge is 0.397 e. The number of anilines is 2. The zero-order valence-corrected chi connectivity index (χ0v) is 12.6. The van der Waals surface area contributed by atoms with E-state index in [0.717, 1.165) is 5.69 Å². The van der Waals surface area contributed by atoms with Gasteiger partial charge in [0.2, 0.25) is 0 Å². The van der Waals surface area contributed by atoms with Gasteiger partial charge >= 0.3 is 0 Å². The van der Waals surface area contributed by atoms with Gasteiger partial charge in [-0.15, -0.1) is 11.3 Å². The van der Waals surface area contributed by atoms with Gasteiger partial charge in [-0.2, -0.15) is 0 Å². The lowest BCUT2D eigenvalue weighted by Gasteiger charge is -2.06. The number of rotatable bonds is 3. The molecule has 0 atom stereocenters. The van der Waals surface area contributed by atoms with Crippen molar-refractivity contribution >= 4 is 51.3 Å². The van der Waals surface area contributed by atoms with Gasteiger partial charge in [0.1, 0.15) is 0 Å². The number of nitrogens with two attached hydrogens (primary N) is 1. The number of aromatic nitrogens is 1. The second kappa shape index (κ2) is 5.24. The SMILES string of the molecule is Nc1cc(C(=O)Nc2nc(C3CC3)cs2)cc(Cl)c1Cl. The van der Waals surface area contributed by atoms with Crippen LogP contribution in [0.3, 0.4) is 0 Å². The van der Waals surface area contributed by atoms with E-state index in [1.165, 1.54) is 36.3 Å². The number of carbonyl (C=O) groups excluding carboxylic acids is 1. The Hall–Kier alpha value is -1.30. The number of thiazole rings is 1. The van der Waals surface area contributed by atoms with E-state index in [-0.39, 0.29) is 21.6 Å². The highest BCUT2D eigenvalue weighted by Gasteiger charge is 2.26. The second-order valence-corrected chi connectivity index (χ2v) is 6.31. The van der Waals surface area contributed by atoms with Gasteiger partial charge in [0.25, 0.3) is 5.91 Å². The van der Waals surface area contributed by atoms with E-state index in [1.54, 1.807) is 0 Å². The lowest BCUT2D eigenvalue weighted by atomic mass is 10.2. The molecule has 2 aromatic rings. The minimum absolute atomic E-state index is 0.258. The molecule has 3 rings (SSSR count). The molecule has 1 fully saturated rings. The van der Waals surface area contributed by atoms with Gasteiger partial charge in [0.15, 0.2) is 5.13 Å². The normalized spacial score (nSPS) is 14.3. The maximum Gasteiger partial charge on any atom is 0.257 e. The summed E-state index contributed by atoms with van der Waals surface area (Å²) >= 11 is 13.2. The first-order chi connectivity index (χ1) is 9.54. The van der Waals surface area contributed by atoms with Crippen LogP contribution in [-0.4, -0.2) is 10.9 Å². The average Bonchev–Trinajstić information content (AvgIpc) is 3.16. The van der Waals surface area contributed by atoms with Crippen LogP contribution in [0.25, 0.3) is 0 Å². The van der Waals surface area contributed by atoms with E-state index in [0.29, 0.717) is 16.6 Å². The fraction of sp³-hybridized carbons (Fsp3) is 0.231. The molecule has 0 unspecified atom stereocenters. The van der Waals surface area contributed by atoms with Crippen molar-refractivity contribution in [2.45, 2.75) is 18.8 Å². The molecule has 4 nitrogen and oxygen atoms in total. The number of halogens is 2. The van der Waals surface area contributed by atoms with Crippen molar-refractivity contribution in [3.63, 3.8) is 0 Å². The number of amides is 1. The molecule has 104 valence electrons. The topological polar surface area (TPSA) is 68.0 Å². The van der Waals surface area contributed by atoms with Crippen molar-refractivity contribution in [2.24, 2.45) is 0 Å². The monoisotopic (exact) mass is 327 g/mol. The zero-order valence-electron chi connectivity index (χ0n) is 10.3. The quantitative estimate of drug-likeness (QED) is 0.831. The highest BCUT2D eigenvalue weighted by atomic mass is 35.5. The maximum absolute atomic E-state index is 12.1. The second-order valence-electron chi connectivity index (χ2n) is 4.67. The summed E-state index contributed by atoms with van der Waals surface area (Å²) in [5, 5.41) is 5.83. The molecule has 0 spiro atoms. The van der Waals surface area contributed by atoms with Crippen molar-refractivity contribution in [1.82, 2.24) is 4.98 Å². The Kier molecular flexibility index (Phi) is 3.58. The number of hydrogen-bond acceptors (Lipinski definition) is 4. The predicted octanol–water partition coefficient (Wildman–Crippen LogP) is 4.16. The van der Waals surface area contributed by atoms with Gasteiger partial charge in [-0.1, -0.05) is 23.2 Å². The molecule has 0 bridgehead atoms. The lowest BCUT2D eigenvalue weighted by Crippen LogP contribution is -2.12. The number of nitrogen functional groups attached to an aromatic ring is 1. The average molecular weight is 328 g/mol. The first-order valence-electron chi connectivity index (χ1n) is 6.06. The van der Waals surface area contributed by atoms with Crippen LogP contribution >= 0.6 is 34.5 Å². The molecule has 1 amide bonds. The van der Waals surface area contributed by atoms with Crippen molar-refractivity contribution in [3.8, 4) is 0 Å². The minimum atomic E-state index is -0.299. The third-order valence-electron chi connectivity index (χ3n) is 3.06. The summed E-state index contributed by atoms with van der Waals surface area (Å²) in [7, 11) is 0. The molecule has 1 aliphatic rings.